The van der Waals surface area contributed by atoms with Gasteiger partial charge in [-0.1, -0.05) is 0 Å². The third-order valence-electron chi connectivity index (χ3n) is 1.30. The van der Waals surface area contributed by atoms with Crippen LogP contribution in [0.15, 0.2) is 0 Å². The monoisotopic (exact) mass is 201 g/mol. The lowest BCUT2D eigenvalue weighted by molar-refractivity contribution is -0.474. The Kier molecular flexibility index (Phi) is 4.79. The number of halogens is 4. The van der Waals surface area contributed by atoms with Crippen LogP contribution in [0.5, 0.6) is 0 Å². The molecule has 1 heterocycles. The summed E-state index contributed by atoms with van der Waals surface area (Å²) in [6.45, 7) is 0.910. The lowest BCUT2D eigenvalue weighted by Gasteiger charge is -1.94. The average molecular weight is 201 g/mol. The van der Waals surface area contributed by atoms with Crippen molar-refractivity contribution in [3.05, 3.63) is 0 Å². The van der Waals surface area contributed by atoms with Crippen LogP contribution >= 0.6 is 0 Å². The Hall–Kier alpha value is -0.745. The van der Waals surface area contributed by atoms with Gasteiger partial charge in [0.1, 0.15) is 14.1 Å². The van der Waals surface area contributed by atoms with E-state index < -0.39 is 7.25 Å². The van der Waals surface area contributed by atoms with Gasteiger partial charge in [0, 0.05) is 0 Å². The molecule has 2 nitrogen and oxygen atoms in total. The summed E-state index contributed by atoms with van der Waals surface area (Å²) in [6.07, 6.45) is 2.31. The molecular formula is C6H12BF4NO. The van der Waals surface area contributed by atoms with E-state index in [1.807, 2.05) is 18.7 Å². The fourth-order valence-corrected chi connectivity index (χ4v) is 0.838. The smallest absolute Gasteiger partial charge is 0.448 e. The molecule has 0 amide bonds. The number of hydrogen-bond donors (Lipinski definition) is 0. The standard InChI is InChI=1S/C6H12NO.BF4/c1-7(2)6-4-3-5-8-6;2-1(3,4)5/h3-5H2,1-2H3;/q+1;-1. The maximum absolute atomic E-state index is 9.75. The Bertz CT molecular complexity index is 174. The molecule has 0 aromatic rings. The lowest BCUT2D eigenvalue weighted by Crippen LogP contribution is -2.10. The zero-order valence-electron chi connectivity index (χ0n) is 7.57. The Labute approximate surface area is 74.3 Å². The first kappa shape index (κ1) is 12.3. The van der Waals surface area contributed by atoms with Gasteiger partial charge in [-0.05, 0) is 6.42 Å². The molecule has 0 unspecified atom stereocenters. The first-order chi connectivity index (χ1) is 5.80. The Balaban J connectivity index is 0.000000252. The predicted molar refractivity (Wildman–Crippen MR) is 42.5 cm³/mol. The second kappa shape index (κ2) is 5.09. The van der Waals surface area contributed by atoms with E-state index in [1.165, 1.54) is 6.42 Å². The second-order valence-corrected chi connectivity index (χ2v) is 2.74. The molecule has 0 radical (unpaired) electrons. The molecule has 0 atom stereocenters. The summed E-state index contributed by atoms with van der Waals surface area (Å²) in [5.74, 6) is 1.13. The molecule has 0 aromatic carbocycles. The molecule has 7 heteroatoms. The van der Waals surface area contributed by atoms with Crippen LogP contribution in [0.1, 0.15) is 12.8 Å². The van der Waals surface area contributed by atoms with Gasteiger partial charge in [-0.2, -0.15) is 0 Å². The summed E-state index contributed by atoms with van der Waals surface area (Å²) >= 11 is 0. The minimum absolute atomic E-state index is 0.910. The molecule has 0 N–H and O–H groups in total. The minimum Gasteiger partial charge on any atom is -0.448 e. The van der Waals surface area contributed by atoms with Crippen LogP contribution in [0.4, 0.5) is 17.3 Å². The van der Waals surface area contributed by atoms with E-state index in [0.717, 1.165) is 18.9 Å². The van der Waals surface area contributed by atoms with Gasteiger partial charge in [0.25, 0.3) is 0 Å². The van der Waals surface area contributed by atoms with Crippen molar-refractivity contribution in [2.24, 2.45) is 0 Å². The van der Waals surface area contributed by atoms with E-state index in [9.17, 15) is 17.3 Å². The highest BCUT2D eigenvalue weighted by atomic mass is 19.5. The molecule has 1 aliphatic rings. The van der Waals surface area contributed by atoms with E-state index in [-0.39, 0.29) is 0 Å². The highest BCUT2D eigenvalue weighted by molar-refractivity contribution is 6.50. The minimum atomic E-state index is -6.00. The summed E-state index contributed by atoms with van der Waals surface area (Å²) in [4.78, 5) is 0. The fourth-order valence-electron chi connectivity index (χ4n) is 0.838. The summed E-state index contributed by atoms with van der Waals surface area (Å²) in [5, 5.41) is 0. The molecule has 0 saturated carbocycles. The Morgan fingerprint density at radius 1 is 1.23 bits per heavy atom. The largest absolute Gasteiger partial charge is 0.673 e. The van der Waals surface area contributed by atoms with Gasteiger partial charge in [-0.15, -0.1) is 0 Å². The number of nitrogens with zero attached hydrogens (tertiary/aromatic N) is 1. The highest BCUT2D eigenvalue weighted by Gasteiger charge is 2.20. The van der Waals surface area contributed by atoms with Gasteiger partial charge < -0.3 is 22.0 Å². The van der Waals surface area contributed by atoms with E-state index >= 15 is 0 Å². The van der Waals surface area contributed by atoms with Gasteiger partial charge in [-0.3, -0.25) is 0 Å². The summed E-state index contributed by atoms with van der Waals surface area (Å²) < 4.78 is 46.3. The van der Waals surface area contributed by atoms with Gasteiger partial charge in [-0.25, -0.2) is 4.58 Å². The lowest BCUT2D eigenvalue weighted by atomic mass is 10.3. The topological polar surface area (TPSA) is 12.2 Å². The molecule has 1 rings (SSSR count). The van der Waals surface area contributed by atoms with E-state index in [4.69, 9.17) is 4.74 Å². The second-order valence-electron chi connectivity index (χ2n) is 2.74. The average Bonchev–Trinajstić information content (AvgIpc) is 2.31. The molecule has 1 saturated heterocycles. The van der Waals surface area contributed by atoms with Crippen molar-refractivity contribution in [3.63, 3.8) is 0 Å². The molecule has 1 aliphatic heterocycles. The molecule has 0 aliphatic carbocycles. The predicted octanol–water partition coefficient (Wildman–Crippen LogP) is 1.77. The van der Waals surface area contributed by atoms with Crippen molar-refractivity contribution < 1.29 is 26.6 Å². The van der Waals surface area contributed by atoms with Crippen LogP contribution < -0.4 is 0 Å². The quantitative estimate of drug-likeness (QED) is 0.330. The van der Waals surface area contributed by atoms with Crippen LogP contribution in [-0.2, 0) is 4.74 Å². The molecule has 0 spiro atoms. The van der Waals surface area contributed by atoms with Crippen molar-refractivity contribution in [3.8, 4) is 0 Å². The SMILES string of the molecule is C[N+](C)=C1CCCO1.F[B-](F)(F)F. The van der Waals surface area contributed by atoms with Gasteiger partial charge in [0.15, 0.2) is 0 Å². The zero-order chi connectivity index (χ0) is 10.5. The van der Waals surface area contributed by atoms with Gasteiger partial charge in [0.05, 0.1) is 13.0 Å². The number of hydrogen-bond acceptors (Lipinski definition) is 1. The Morgan fingerprint density at radius 2 is 1.69 bits per heavy atom. The number of rotatable bonds is 0. The maximum atomic E-state index is 9.75. The van der Waals surface area contributed by atoms with Crippen molar-refractivity contribution in [1.29, 1.82) is 0 Å². The highest BCUT2D eigenvalue weighted by Crippen LogP contribution is 2.06. The molecule has 13 heavy (non-hydrogen) atoms. The van der Waals surface area contributed by atoms with Crippen LogP contribution in [0.2, 0.25) is 0 Å². The van der Waals surface area contributed by atoms with Crippen LogP contribution in [-0.4, -0.2) is 38.4 Å². The maximum Gasteiger partial charge on any atom is 0.673 e. The van der Waals surface area contributed by atoms with Gasteiger partial charge in [0.2, 0.25) is 0 Å². The molecular weight excluding hydrogens is 189 g/mol. The fraction of sp³-hybridized carbons (Fsp3) is 0.833. The van der Waals surface area contributed by atoms with Gasteiger partial charge >= 0.3 is 13.2 Å². The summed E-state index contributed by atoms with van der Waals surface area (Å²) in [7, 11) is -1.97. The van der Waals surface area contributed by atoms with E-state index in [1.54, 1.807) is 0 Å². The van der Waals surface area contributed by atoms with Crippen LogP contribution in [0.3, 0.4) is 0 Å². The van der Waals surface area contributed by atoms with Crippen molar-refractivity contribution >= 4 is 13.2 Å². The van der Waals surface area contributed by atoms with Crippen molar-refractivity contribution in [1.82, 2.24) is 0 Å². The molecule has 0 bridgehead atoms. The zero-order valence-corrected chi connectivity index (χ0v) is 7.57. The molecule has 1 fully saturated rings. The van der Waals surface area contributed by atoms with Crippen molar-refractivity contribution in [2.45, 2.75) is 12.8 Å². The van der Waals surface area contributed by atoms with Crippen LogP contribution in [0.25, 0.3) is 0 Å². The third kappa shape index (κ3) is 9.17. The third-order valence-corrected chi connectivity index (χ3v) is 1.30. The van der Waals surface area contributed by atoms with E-state index in [2.05, 4.69) is 0 Å². The Morgan fingerprint density at radius 3 is 1.85 bits per heavy atom. The number of ether oxygens (including phenoxy) is 1. The summed E-state index contributed by atoms with van der Waals surface area (Å²) in [6, 6.07) is 0. The first-order valence-corrected chi connectivity index (χ1v) is 3.84. The molecule has 78 valence electrons. The first-order valence-electron chi connectivity index (χ1n) is 3.84. The van der Waals surface area contributed by atoms with Crippen LogP contribution in [0, 0.1) is 0 Å². The van der Waals surface area contributed by atoms with E-state index in [0.29, 0.717) is 0 Å². The summed E-state index contributed by atoms with van der Waals surface area (Å²) in [5.41, 5.74) is 0. The van der Waals surface area contributed by atoms with Crippen molar-refractivity contribution in [2.75, 3.05) is 20.7 Å². The normalized spacial score (nSPS) is 16.0. The molecule has 0 aromatic heterocycles.